The van der Waals surface area contributed by atoms with Crippen LogP contribution in [0.3, 0.4) is 0 Å². The van der Waals surface area contributed by atoms with Crippen molar-refractivity contribution in [2.45, 2.75) is 38.1 Å². The monoisotopic (exact) mass is 171 g/mol. The number of esters is 1. The van der Waals surface area contributed by atoms with Crippen molar-refractivity contribution in [3.05, 3.63) is 0 Å². The molecule has 1 saturated carbocycles. The highest BCUT2D eigenvalue weighted by Gasteiger charge is 2.45. The molecule has 0 saturated heterocycles. The Morgan fingerprint density at radius 3 is 2.92 bits per heavy atom. The molecule has 12 heavy (non-hydrogen) atoms. The Morgan fingerprint density at radius 2 is 2.42 bits per heavy atom. The average molecular weight is 171 g/mol. The molecular formula is C9H17NO2. The van der Waals surface area contributed by atoms with E-state index in [1.54, 1.807) is 0 Å². The number of hydrogen-bond acceptors (Lipinski definition) is 3. The molecule has 0 aromatic rings. The number of ether oxygens (including phenoxy) is 1. The summed E-state index contributed by atoms with van der Waals surface area (Å²) in [7, 11) is 1.40. The molecule has 2 atom stereocenters. The van der Waals surface area contributed by atoms with Crippen molar-refractivity contribution in [1.82, 2.24) is 0 Å². The van der Waals surface area contributed by atoms with Crippen molar-refractivity contribution in [3.63, 3.8) is 0 Å². The fraction of sp³-hybridized carbons (Fsp3) is 0.889. The van der Waals surface area contributed by atoms with Crippen LogP contribution in [0.15, 0.2) is 0 Å². The highest BCUT2D eigenvalue weighted by Crippen LogP contribution is 2.36. The summed E-state index contributed by atoms with van der Waals surface area (Å²) < 4.78 is 4.71. The minimum absolute atomic E-state index is 0.244. The molecule has 0 amide bonds. The van der Waals surface area contributed by atoms with Crippen LogP contribution >= 0.6 is 0 Å². The molecule has 1 aliphatic carbocycles. The first-order valence-electron chi connectivity index (χ1n) is 4.52. The van der Waals surface area contributed by atoms with Crippen molar-refractivity contribution in [2.24, 2.45) is 11.7 Å². The zero-order valence-corrected chi connectivity index (χ0v) is 7.80. The molecule has 0 aromatic carbocycles. The molecule has 1 fully saturated rings. The van der Waals surface area contributed by atoms with Gasteiger partial charge in [-0.2, -0.15) is 0 Å². The Hall–Kier alpha value is -0.570. The Morgan fingerprint density at radius 1 is 1.75 bits per heavy atom. The Labute approximate surface area is 73.3 Å². The fourth-order valence-electron chi connectivity index (χ4n) is 2.13. The molecule has 70 valence electrons. The Bertz CT molecular complexity index is 181. The molecule has 0 bridgehead atoms. The van der Waals surface area contributed by atoms with Gasteiger partial charge in [-0.1, -0.05) is 19.8 Å². The van der Waals surface area contributed by atoms with Gasteiger partial charge < -0.3 is 10.5 Å². The third-order valence-corrected chi connectivity index (χ3v) is 2.93. The first kappa shape index (κ1) is 9.52. The first-order chi connectivity index (χ1) is 5.65. The smallest absolute Gasteiger partial charge is 0.326 e. The van der Waals surface area contributed by atoms with E-state index in [0.717, 1.165) is 25.7 Å². The molecule has 1 rings (SSSR count). The van der Waals surface area contributed by atoms with Crippen LogP contribution in [0.4, 0.5) is 0 Å². The lowest BCUT2D eigenvalue weighted by Gasteiger charge is -2.27. The van der Waals surface area contributed by atoms with Crippen molar-refractivity contribution in [1.29, 1.82) is 0 Å². The van der Waals surface area contributed by atoms with Crippen LogP contribution in [0.1, 0.15) is 32.6 Å². The number of carbonyl (C=O) groups excluding carboxylic acids is 1. The van der Waals surface area contributed by atoms with E-state index in [2.05, 4.69) is 6.92 Å². The van der Waals surface area contributed by atoms with E-state index in [0.29, 0.717) is 5.92 Å². The van der Waals surface area contributed by atoms with Crippen LogP contribution in [-0.4, -0.2) is 18.6 Å². The lowest BCUT2D eigenvalue weighted by molar-refractivity contribution is -0.148. The van der Waals surface area contributed by atoms with E-state index < -0.39 is 5.54 Å². The SMILES string of the molecule is CCC1CCCC1(N)C(=O)OC. The van der Waals surface area contributed by atoms with E-state index in [-0.39, 0.29) is 5.97 Å². The third-order valence-electron chi connectivity index (χ3n) is 2.93. The van der Waals surface area contributed by atoms with Crippen molar-refractivity contribution in [3.8, 4) is 0 Å². The molecule has 0 aliphatic heterocycles. The number of hydrogen-bond donors (Lipinski definition) is 1. The number of rotatable bonds is 2. The standard InChI is InChI=1S/C9H17NO2/c1-3-7-5-4-6-9(7,10)8(11)12-2/h7H,3-6,10H2,1-2H3. The summed E-state index contributed by atoms with van der Waals surface area (Å²) in [5.41, 5.74) is 5.30. The summed E-state index contributed by atoms with van der Waals surface area (Å²) in [6.45, 7) is 2.07. The lowest BCUT2D eigenvalue weighted by atomic mass is 9.86. The summed E-state index contributed by atoms with van der Waals surface area (Å²) in [4.78, 5) is 11.4. The minimum Gasteiger partial charge on any atom is -0.468 e. The molecule has 0 spiro atoms. The molecule has 3 nitrogen and oxygen atoms in total. The number of nitrogens with two attached hydrogens (primary N) is 1. The first-order valence-corrected chi connectivity index (χ1v) is 4.52. The predicted molar refractivity (Wildman–Crippen MR) is 46.6 cm³/mol. The van der Waals surface area contributed by atoms with Gasteiger partial charge in [-0.25, -0.2) is 0 Å². The zero-order valence-electron chi connectivity index (χ0n) is 7.80. The maximum atomic E-state index is 11.4. The van der Waals surface area contributed by atoms with Gasteiger partial charge in [-0.15, -0.1) is 0 Å². The second-order valence-corrected chi connectivity index (χ2v) is 3.53. The van der Waals surface area contributed by atoms with E-state index in [1.165, 1.54) is 7.11 Å². The van der Waals surface area contributed by atoms with Crippen LogP contribution in [0, 0.1) is 5.92 Å². The van der Waals surface area contributed by atoms with Gasteiger partial charge in [0, 0.05) is 0 Å². The number of carbonyl (C=O) groups is 1. The van der Waals surface area contributed by atoms with Gasteiger partial charge in [0.2, 0.25) is 0 Å². The second kappa shape index (κ2) is 3.44. The topological polar surface area (TPSA) is 52.3 Å². The van der Waals surface area contributed by atoms with Crippen molar-refractivity contribution in [2.75, 3.05) is 7.11 Å². The van der Waals surface area contributed by atoms with Crippen LogP contribution in [0.25, 0.3) is 0 Å². The van der Waals surface area contributed by atoms with Crippen molar-refractivity contribution >= 4 is 5.97 Å². The molecule has 0 radical (unpaired) electrons. The van der Waals surface area contributed by atoms with E-state index >= 15 is 0 Å². The maximum absolute atomic E-state index is 11.4. The molecule has 3 heteroatoms. The second-order valence-electron chi connectivity index (χ2n) is 3.53. The van der Waals surface area contributed by atoms with Gasteiger partial charge in [0.15, 0.2) is 0 Å². The molecule has 1 aliphatic rings. The molecular weight excluding hydrogens is 154 g/mol. The quantitative estimate of drug-likeness (QED) is 0.632. The van der Waals surface area contributed by atoms with Crippen molar-refractivity contribution < 1.29 is 9.53 Å². The van der Waals surface area contributed by atoms with E-state index in [9.17, 15) is 4.79 Å². The highest BCUT2D eigenvalue weighted by molar-refractivity contribution is 5.81. The van der Waals surface area contributed by atoms with Gasteiger partial charge in [0.1, 0.15) is 5.54 Å². The largest absolute Gasteiger partial charge is 0.468 e. The highest BCUT2D eigenvalue weighted by atomic mass is 16.5. The Balaban J connectivity index is 2.74. The van der Waals surface area contributed by atoms with Crippen LogP contribution in [0.2, 0.25) is 0 Å². The molecule has 0 heterocycles. The number of methoxy groups -OCH3 is 1. The van der Waals surface area contributed by atoms with Gasteiger partial charge in [-0.05, 0) is 18.8 Å². The summed E-state index contributed by atoms with van der Waals surface area (Å²) in [6.07, 6.45) is 3.84. The van der Waals surface area contributed by atoms with E-state index in [4.69, 9.17) is 10.5 Å². The lowest BCUT2D eigenvalue weighted by Crippen LogP contribution is -2.51. The average Bonchev–Trinajstić information content (AvgIpc) is 2.46. The van der Waals surface area contributed by atoms with Crippen LogP contribution in [-0.2, 0) is 9.53 Å². The summed E-state index contributed by atoms with van der Waals surface area (Å²) in [5.74, 6) is 0.0665. The van der Waals surface area contributed by atoms with Gasteiger partial charge in [0.25, 0.3) is 0 Å². The van der Waals surface area contributed by atoms with Gasteiger partial charge in [0.05, 0.1) is 7.11 Å². The fourth-order valence-corrected chi connectivity index (χ4v) is 2.13. The summed E-state index contributed by atoms with van der Waals surface area (Å²) in [6, 6.07) is 0. The van der Waals surface area contributed by atoms with E-state index in [1.807, 2.05) is 0 Å². The third kappa shape index (κ3) is 1.33. The molecule has 0 aromatic heterocycles. The zero-order chi connectivity index (χ0) is 9.19. The normalized spacial score (nSPS) is 35.1. The minimum atomic E-state index is -0.691. The molecule has 2 unspecified atom stereocenters. The maximum Gasteiger partial charge on any atom is 0.326 e. The summed E-state index contributed by atoms with van der Waals surface area (Å²) >= 11 is 0. The summed E-state index contributed by atoms with van der Waals surface area (Å²) in [5, 5.41) is 0. The van der Waals surface area contributed by atoms with Crippen LogP contribution in [0.5, 0.6) is 0 Å². The van der Waals surface area contributed by atoms with Gasteiger partial charge in [-0.3, -0.25) is 4.79 Å². The Kier molecular flexibility index (Phi) is 2.73. The molecule has 2 N–H and O–H groups in total. The van der Waals surface area contributed by atoms with Gasteiger partial charge >= 0.3 is 5.97 Å². The predicted octanol–water partition coefficient (Wildman–Crippen LogP) is 1.07. The van der Waals surface area contributed by atoms with Crippen LogP contribution < -0.4 is 5.73 Å².